The van der Waals surface area contributed by atoms with Gasteiger partial charge in [-0.15, -0.1) is 0 Å². The van der Waals surface area contributed by atoms with Crippen molar-refractivity contribution in [2.24, 2.45) is 0 Å². The lowest BCUT2D eigenvalue weighted by atomic mass is 10.1. The van der Waals surface area contributed by atoms with Crippen LogP contribution in [0.5, 0.6) is 0 Å². The van der Waals surface area contributed by atoms with E-state index in [-0.39, 0.29) is 39.1 Å². The van der Waals surface area contributed by atoms with E-state index in [1.54, 1.807) is 19.1 Å². The minimum Gasteiger partial charge on any atom is -0.352 e. The molecule has 1 fully saturated rings. The van der Waals surface area contributed by atoms with Gasteiger partial charge in [-0.2, -0.15) is 0 Å². The highest BCUT2D eigenvalue weighted by Crippen LogP contribution is 2.31. The van der Waals surface area contributed by atoms with Crippen LogP contribution in [-0.2, 0) is 26.2 Å². The van der Waals surface area contributed by atoms with Gasteiger partial charge in [0, 0.05) is 12.6 Å². The molecule has 7 nitrogen and oxygen atoms in total. The summed E-state index contributed by atoms with van der Waals surface area (Å²) in [6.07, 6.45) is 3.77. The Morgan fingerprint density at radius 2 is 1.61 bits per heavy atom. The molecule has 1 saturated carbocycles. The molecule has 0 aromatic heterocycles. The average Bonchev–Trinajstić information content (AvgIpc) is 3.45. The molecule has 0 bridgehead atoms. The van der Waals surface area contributed by atoms with E-state index in [1.807, 2.05) is 6.92 Å². The quantitative estimate of drug-likeness (QED) is 0.296. The Kier molecular flexibility index (Phi) is 9.94. The maximum atomic E-state index is 14.0. The van der Waals surface area contributed by atoms with Crippen LogP contribution in [0.1, 0.15) is 43.7 Å². The Morgan fingerprint density at radius 3 is 2.22 bits per heavy atom. The molecule has 41 heavy (non-hydrogen) atoms. The van der Waals surface area contributed by atoms with E-state index in [2.05, 4.69) is 5.32 Å². The monoisotopic (exact) mass is 619 g/mol. The zero-order valence-electron chi connectivity index (χ0n) is 22.8. The Bertz CT molecular complexity index is 1500. The molecular formula is C30H32Cl2FN3O4S. The first-order valence-corrected chi connectivity index (χ1v) is 15.5. The molecule has 1 aliphatic carbocycles. The number of carbonyl (C=O) groups is 2. The molecule has 0 radical (unpaired) electrons. The second-order valence-electron chi connectivity index (χ2n) is 10.2. The third-order valence-corrected chi connectivity index (χ3v) is 9.74. The normalized spacial score (nSPS) is 14.5. The topological polar surface area (TPSA) is 86.8 Å². The van der Waals surface area contributed by atoms with Crippen molar-refractivity contribution in [1.29, 1.82) is 0 Å². The minimum absolute atomic E-state index is 0.0147. The van der Waals surface area contributed by atoms with Crippen LogP contribution in [0.15, 0.2) is 71.6 Å². The molecule has 3 aromatic rings. The number of amides is 2. The maximum absolute atomic E-state index is 14.0. The van der Waals surface area contributed by atoms with Crippen LogP contribution in [0.4, 0.5) is 10.1 Å². The van der Waals surface area contributed by atoms with Gasteiger partial charge in [-0.25, -0.2) is 12.8 Å². The number of nitrogens with one attached hydrogen (secondary N) is 1. The zero-order chi connectivity index (χ0) is 29.7. The zero-order valence-corrected chi connectivity index (χ0v) is 25.1. The van der Waals surface area contributed by atoms with Crippen molar-refractivity contribution in [3.63, 3.8) is 0 Å². The van der Waals surface area contributed by atoms with Crippen LogP contribution in [0, 0.1) is 12.7 Å². The molecule has 4 rings (SSSR count). The standard InChI is InChI=1S/C30H32Cl2FN3O4S/c1-20-7-14-26(15-8-20)41(39,40)36(25-13-16-27(31)28(32)17-25)19-29(37)35(18-22-9-11-23(33)12-10-22)21(2)30(38)34-24-5-3-4-6-24/h7-17,21,24H,3-6,18-19H2,1-2H3,(H,34,38). The summed E-state index contributed by atoms with van der Waals surface area (Å²) < 4.78 is 42.3. The highest BCUT2D eigenvalue weighted by Gasteiger charge is 2.33. The van der Waals surface area contributed by atoms with Crippen molar-refractivity contribution < 1.29 is 22.4 Å². The number of hydrogen-bond acceptors (Lipinski definition) is 4. The number of aryl methyl sites for hydroxylation is 1. The van der Waals surface area contributed by atoms with E-state index in [0.717, 1.165) is 35.6 Å². The number of rotatable bonds is 10. The van der Waals surface area contributed by atoms with Crippen molar-refractivity contribution in [2.75, 3.05) is 10.8 Å². The van der Waals surface area contributed by atoms with Gasteiger partial charge in [0.2, 0.25) is 11.8 Å². The first-order valence-electron chi connectivity index (χ1n) is 13.3. The fraction of sp³-hybridized carbons (Fsp3) is 0.333. The van der Waals surface area contributed by atoms with E-state index in [9.17, 15) is 22.4 Å². The fourth-order valence-electron chi connectivity index (χ4n) is 4.77. The first-order chi connectivity index (χ1) is 19.5. The number of anilines is 1. The van der Waals surface area contributed by atoms with Crippen LogP contribution >= 0.6 is 23.2 Å². The predicted octanol–water partition coefficient (Wildman–Crippen LogP) is 6.11. The summed E-state index contributed by atoms with van der Waals surface area (Å²) >= 11 is 12.3. The largest absolute Gasteiger partial charge is 0.352 e. The summed E-state index contributed by atoms with van der Waals surface area (Å²) in [4.78, 5) is 28.5. The SMILES string of the molecule is Cc1ccc(S(=O)(=O)N(CC(=O)N(Cc2ccc(F)cc2)C(C)C(=O)NC2CCCC2)c2ccc(Cl)c(Cl)c2)cc1. The van der Waals surface area contributed by atoms with Crippen molar-refractivity contribution in [2.45, 2.75) is 63.1 Å². The molecule has 1 unspecified atom stereocenters. The Balaban J connectivity index is 1.70. The molecular weight excluding hydrogens is 588 g/mol. The second kappa shape index (κ2) is 13.2. The molecule has 1 atom stereocenters. The number of hydrogen-bond donors (Lipinski definition) is 1. The van der Waals surface area contributed by atoms with E-state index in [4.69, 9.17) is 23.2 Å². The van der Waals surface area contributed by atoms with Gasteiger partial charge in [-0.1, -0.05) is 65.9 Å². The van der Waals surface area contributed by atoms with Crippen molar-refractivity contribution >= 4 is 50.7 Å². The molecule has 1 N–H and O–H groups in total. The third kappa shape index (κ3) is 7.58. The van der Waals surface area contributed by atoms with Crippen LogP contribution in [0.25, 0.3) is 0 Å². The van der Waals surface area contributed by atoms with Crippen molar-refractivity contribution in [3.8, 4) is 0 Å². The van der Waals surface area contributed by atoms with Crippen molar-refractivity contribution in [1.82, 2.24) is 10.2 Å². The fourth-order valence-corrected chi connectivity index (χ4v) is 6.47. The molecule has 11 heteroatoms. The maximum Gasteiger partial charge on any atom is 0.264 e. The van der Waals surface area contributed by atoms with Crippen LogP contribution in [-0.4, -0.2) is 43.8 Å². The summed E-state index contributed by atoms with van der Waals surface area (Å²) in [5, 5.41) is 3.36. The van der Waals surface area contributed by atoms with Gasteiger partial charge in [-0.05, 0) is 74.7 Å². The molecule has 3 aromatic carbocycles. The van der Waals surface area contributed by atoms with Gasteiger partial charge in [0.25, 0.3) is 10.0 Å². The smallest absolute Gasteiger partial charge is 0.264 e. The van der Waals surface area contributed by atoms with Gasteiger partial charge >= 0.3 is 0 Å². The molecule has 0 saturated heterocycles. The van der Waals surface area contributed by atoms with E-state index in [0.29, 0.717) is 5.56 Å². The number of benzene rings is 3. The second-order valence-corrected chi connectivity index (χ2v) is 12.9. The van der Waals surface area contributed by atoms with Gasteiger partial charge in [-0.3, -0.25) is 13.9 Å². The van der Waals surface area contributed by atoms with Crippen molar-refractivity contribution in [3.05, 3.63) is 93.7 Å². The molecule has 218 valence electrons. The summed E-state index contributed by atoms with van der Waals surface area (Å²) in [5.41, 5.74) is 1.59. The molecule has 2 amide bonds. The van der Waals surface area contributed by atoms with Gasteiger partial charge in [0.05, 0.1) is 20.6 Å². The lowest BCUT2D eigenvalue weighted by Gasteiger charge is -2.32. The summed E-state index contributed by atoms with van der Waals surface area (Å²) in [5.74, 6) is -1.39. The molecule has 0 heterocycles. The Labute approximate surface area is 250 Å². The van der Waals surface area contributed by atoms with E-state index < -0.39 is 34.3 Å². The molecule has 0 spiro atoms. The number of nitrogens with zero attached hydrogens (tertiary/aromatic N) is 2. The summed E-state index contributed by atoms with van der Waals surface area (Å²) in [6.45, 7) is 2.79. The summed E-state index contributed by atoms with van der Waals surface area (Å²) in [6, 6.07) is 15.3. The minimum atomic E-state index is -4.24. The van der Waals surface area contributed by atoms with Crippen LogP contribution in [0.2, 0.25) is 10.0 Å². The first kappa shape index (κ1) is 30.8. The van der Waals surface area contributed by atoms with Crippen LogP contribution < -0.4 is 9.62 Å². The van der Waals surface area contributed by atoms with E-state index in [1.165, 1.54) is 59.5 Å². The highest BCUT2D eigenvalue weighted by atomic mass is 35.5. The Hall–Kier alpha value is -3.14. The van der Waals surface area contributed by atoms with Crippen LogP contribution in [0.3, 0.4) is 0 Å². The third-order valence-electron chi connectivity index (χ3n) is 7.21. The van der Waals surface area contributed by atoms with E-state index >= 15 is 0 Å². The van der Waals surface area contributed by atoms with Gasteiger partial charge in [0.15, 0.2) is 0 Å². The molecule has 0 aliphatic heterocycles. The lowest BCUT2D eigenvalue weighted by Crippen LogP contribution is -2.52. The lowest BCUT2D eigenvalue weighted by molar-refractivity contribution is -0.139. The predicted molar refractivity (Wildman–Crippen MR) is 159 cm³/mol. The van der Waals surface area contributed by atoms with Gasteiger partial charge < -0.3 is 10.2 Å². The number of halogens is 3. The summed E-state index contributed by atoms with van der Waals surface area (Å²) in [7, 11) is -4.24. The molecule has 1 aliphatic rings. The number of sulfonamides is 1. The number of carbonyl (C=O) groups excluding carboxylic acids is 2. The Morgan fingerprint density at radius 1 is 0.976 bits per heavy atom. The average molecular weight is 621 g/mol. The highest BCUT2D eigenvalue weighted by molar-refractivity contribution is 7.92. The van der Waals surface area contributed by atoms with Gasteiger partial charge in [0.1, 0.15) is 18.4 Å².